The van der Waals surface area contributed by atoms with Crippen molar-refractivity contribution in [3.8, 4) is 11.8 Å². The highest BCUT2D eigenvalue weighted by Gasteiger charge is 2.20. The van der Waals surface area contributed by atoms with Gasteiger partial charge in [-0.3, -0.25) is 5.10 Å². The van der Waals surface area contributed by atoms with Gasteiger partial charge in [0.25, 0.3) is 0 Å². The third-order valence-electron chi connectivity index (χ3n) is 2.86. The van der Waals surface area contributed by atoms with Crippen LogP contribution in [0.2, 0.25) is 0 Å². The Morgan fingerprint density at radius 3 is 2.62 bits per heavy atom. The second-order valence-electron chi connectivity index (χ2n) is 4.40. The van der Waals surface area contributed by atoms with Crippen LogP contribution in [0.4, 0.5) is 0 Å². The van der Waals surface area contributed by atoms with Gasteiger partial charge in [-0.1, -0.05) is 11.8 Å². The summed E-state index contributed by atoms with van der Waals surface area (Å²) in [5, 5.41) is 6.45. The number of nitrogens with two attached hydrogens (primary N) is 1. The van der Waals surface area contributed by atoms with Crippen LogP contribution in [0.1, 0.15) is 11.1 Å². The summed E-state index contributed by atoms with van der Waals surface area (Å²) in [6.45, 7) is 0.529. The van der Waals surface area contributed by atoms with E-state index in [1.165, 1.54) is 11.4 Å². The normalized spacial score (nSPS) is 11.2. The van der Waals surface area contributed by atoms with Crippen LogP contribution in [-0.2, 0) is 16.6 Å². The number of benzene rings is 1. The maximum absolute atomic E-state index is 12.4. The number of rotatable bonds is 4. The molecule has 0 aliphatic heterocycles. The first-order chi connectivity index (χ1) is 10.0. The first kappa shape index (κ1) is 15.3. The van der Waals surface area contributed by atoms with Crippen molar-refractivity contribution in [3.63, 3.8) is 0 Å². The van der Waals surface area contributed by atoms with Crippen LogP contribution in [0.3, 0.4) is 0 Å². The molecule has 21 heavy (non-hydrogen) atoms. The molecule has 0 radical (unpaired) electrons. The summed E-state index contributed by atoms with van der Waals surface area (Å²) in [6, 6.07) is 6.42. The molecule has 0 aliphatic carbocycles. The lowest BCUT2D eigenvalue weighted by Gasteiger charge is -2.16. The third kappa shape index (κ3) is 3.70. The van der Waals surface area contributed by atoms with Gasteiger partial charge in [0.05, 0.1) is 17.6 Å². The van der Waals surface area contributed by atoms with Crippen molar-refractivity contribution < 1.29 is 8.42 Å². The molecule has 0 bridgehead atoms. The predicted molar refractivity (Wildman–Crippen MR) is 79.6 cm³/mol. The fourth-order valence-corrected chi connectivity index (χ4v) is 2.91. The minimum Gasteiger partial charge on any atom is -0.320 e. The van der Waals surface area contributed by atoms with Crippen LogP contribution in [0.15, 0.2) is 41.6 Å². The Hall–Kier alpha value is -2.14. The Labute approximate surface area is 124 Å². The number of aromatic nitrogens is 2. The average Bonchev–Trinajstić information content (AvgIpc) is 2.98. The van der Waals surface area contributed by atoms with Crippen molar-refractivity contribution in [2.24, 2.45) is 5.73 Å². The molecule has 1 aromatic heterocycles. The standard InChI is InChI=1S/C14H16N4O2S/c1-18(11-13-9-16-17-10-13)21(19,20)14-6-4-12(5-7-14)3-2-8-15/h4-7,9-10H,8,11,15H2,1H3,(H,16,17). The summed E-state index contributed by atoms with van der Waals surface area (Å²) >= 11 is 0. The van der Waals surface area contributed by atoms with Crippen LogP contribution in [0.25, 0.3) is 0 Å². The van der Waals surface area contributed by atoms with E-state index >= 15 is 0 Å². The molecule has 0 aliphatic rings. The molecule has 1 aromatic carbocycles. The Kier molecular flexibility index (Phi) is 4.75. The largest absolute Gasteiger partial charge is 0.320 e. The Balaban J connectivity index is 2.18. The van der Waals surface area contributed by atoms with Gasteiger partial charge < -0.3 is 5.73 Å². The Bertz CT molecular complexity index is 741. The number of nitrogens with zero attached hydrogens (tertiary/aromatic N) is 2. The van der Waals surface area contributed by atoms with Gasteiger partial charge in [-0.2, -0.15) is 9.40 Å². The van der Waals surface area contributed by atoms with Gasteiger partial charge >= 0.3 is 0 Å². The molecule has 1 heterocycles. The monoisotopic (exact) mass is 304 g/mol. The highest BCUT2D eigenvalue weighted by atomic mass is 32.2. The lowest BCUT2D eigenvalue weighted by atomic mass is 10.2. The molecular weight excluding hydrogens is 288 g/mol. The number of H-pyrrole nitrogens is 1. The molecule has 7 heteroatoms. The van der Waals surface area contributed by atoms with E-state index in [1.54, 1.807) is 36.7 Å². The zero-order chi connectivity index (χ0) is 15.3. The molecule has 0 amide bonds. The van der Waals surface area contributed by atoms with Gasteiger partial charge in [-0.15, -0.1) is 0 Å². The number of hydrogen-bond donors (Lipinski definition) is 2. The maximum Gasteiger partial charge on any atom is 0.243 e. The molecule has 0 unspecified atom stereocenters. The minimum absolute atomic E-state index is 0.229. The summed E-state index contributed by atoms with van der Waals surface area (Å²) in [5.41, 5.74) is 6.83. The quantitative estimate of drug-likeness (QED) is 0.806. The molecule has 0 saturated heterocycles. The lowest BCUT2D eigenvalue weighted by molar-refractivity contribution is 0.467. The van der Waals surface area contributed by atoms with Gasteiger partial charge in [-0.05, 0) is 24.3 Å². The number of aromatic amines is 1. The molecule has 2 rings (SSSR count). The molecule has 2 aromatic rings. The van der Waals surface area contributed by atoms with Gasteiger partial charge in [0.15, 0.2) is 0 Å². The summed E-state index contributed by atoms with van der Waals surface area (Å²) in [7, 11) is -2.00. The first-order valence-electron chi connectivity index (χ1n) is 6.27. The SMILES string of the molecule is CN(Cc1cn[nH]c1)S(=O)(=O)c1ccc(C#CCN)cc1. The van der Waals surface area contributed by atoms with E-state index < -0.39 is 10.0 Å². The Morgan fingerprint density at radius 1 is 1.33 bits per heavy atom. The van der Waals surface area contributed by atoms with E-state index in [9.17, 15) is 8.42 Å². The summed E-state index contributed by atoms with van der Waals surface area (Å²) in [5.74, 6) is 5.58. The van der Waals surface area contributed by atoms with Gasteiger partial charge in [0, 0.05) is 30.9 Å². The maximum atomic E-state index is 12.4. The summed E-state index contributed by atoms with van der Waals surface area (Å²) in [6.07, 6.45) is 3.26. The second-order valence-corrected chi connectivity index (χ2v) is 6.44. The van der Waals surface area contributed by atoms with Crippen LogP contribution >= 0.6 is 0 Å². The number of sulfonamides is 1. The molecule has 0 saturated carbocycles. The first-order valence-corrected chi connectivity index (χ1v) is 7.71. The fraction of sp³-hybridized carbons (Fsp3) is 0.214. The van der Waals surface area contributed by atoms with Gasteiger partial charge in [0.1, 0.15) is 0 Å². The number of nitrogens with one attached hydrogen (secondary N) is 1. The van der Waals surface area contributed by atoms with E-state index in [-0.39, 0.29) is 18.0 Å². The smallest absolute Gasteiger partial charge is 0.243 e. The average molecular weight is 304 g/mol. The molecule has 3 N–H and O–H groups in total. The minimum atomic E-state index is -3.53. The van der Waals surface area contributed by atoms with Crippen molar-refractivity contribution in [1.29, 1.82) is 0 Å². The van der Waals surface area contributed by atoms with E-state index in [0.29, 0.717) is 0 Å². The van der Waals surface area contributed by atoms with Crippen molar-refractivity contribution in [2.45, 2.75) is 11.4 Å². The fourth-order valence-electron chi connectivity index (χ4n) is 1.75. The number of hydrogen-bond acceptors (Lipinski definition) is 4. The molecule has 6 nitrogen and oxygen atoms in total. The van der Waals surface area contributed by atoms with Crippen LogP contribution < -0.4 is 5.73 Å². The van der Waals surface area contributed by atoms with E-state index in [2.05, 4.69) is 22.0 Å². The van der Waals surface area contributed by atoms with E-state index in [4.69, 9.17) is 5.73 Å². The summed E-state index contributed by atoms with van der Waals surface area (Å²) < 4.78 is 26.1. The highest BCUT2D eigenvalue weighted by Crippen LogP contribution is 2.16. The van der Waals surface area contributed by atoms with Crippen LogP contribution in [0, 0.1) is 11.8 Å². The molecule has 0 atom stereocenters. The van der Waals surface area contributed by atoms with E-state index in [1.807, 2.05) is 0 Å². The lowest BCUT2D eigenvalue weighted by Crippen LogP contribution is -2.26. The van der Waals surface area contributed by atoms with Crippen LogP contribution in [0.5, 0.6) is 0 Å². The van der Waals surface area contributed by atoms with Crippen molar-refractivity contribution in [3.05, 3.63) is 47.8 Å². The molecular formula is C14H16N4O2S. The van der Waals surface area contributed by atoms with Gasteiger partial charge in [0.2, 0.25) is 10.0 Å². The third-order valence-corrected chi connectivity index (χ3v) is 4.67. The molecule has 0 spiro atoms. The zero-order valence-electron chi connectivity index (χ0n) is 11.6. The predicted octanol–water partition coefficient (Wildman–Crippen LogP) is 0.541. The molecule has 110 valence electrons. The zero-order valence-corrected chi connectivity index (χ0v) is 12.4. The topological polar surface area (TPSA) is 92.1 Å². The molecule has 0 fully saturated rings. The van der Waals surface area contributed by atoms with Crippen molar-refractivity contribution in [2.75, 3.05) is 13.6 Å². The van der Waals surface area contributed by atoms with Crippen molar-refractivity contribution in [1.82, 2.24) is 14.5 Å². The van der Waals surface area contributed by atoms with Crippen molar-refractivity contribution >= 4 is 10.0 Å². The second kappa shape index (κ2) is 6.54. The summed E-state index contributed by atoms with van der Waals surface area (Å²) in [4.78, 5) is 0.229. The van der Waals surface area contributed by atoms with Gasteiger partial charge in [-0.25, -0.2) is 8.42 Å². The van der Waals surface area contributed by atoms with Crippen LogP contribution in [-0.4, -0.2) is 36.5 Å². The van der Waals surface area contributed by atoms with E-state index in [0.717, 1.165) is 11.1 Å². The Morgan fingerprint density at radius 2 is 2.05 bits per heavy atom. The highest BCUT2D eigenvalue weighted by molar-refractivity contribution is 7.89.